The molecule has 0 aliphatic heterocycles. The van der Waals surface area contributed by atoms with Crippen LogP contribution in [0.3, 0.4) is 0 Å². The van der Waals surface area contributed by atoms with Crippen LogP contribution >= 0.6 is 0 Å². The fourth-order valence-corrected chi connectivity index (χ4v) is 4.68. The number of halogens is 3. The number of nitrogen functional groups attached to an aromatic ring is 1. The molecule has 1 aromatic heterocycles. The van der Waals surface area contributed by atoms with Crippen LogP contribution in [-0.4, -0.2) is 40.6 Å². The van der Waals surface area contributed by atoms with Gasteiger partial charge in [-0.3, -0.25) is 0 Å². The van der Waals surface area contributed by atoms with Crippen molar-refractivity contribution in [3.63, 3.8) is 0 Å². The number of ether oxygens (including phenoxy) is 1. The molecule has 34 heavy (non-hydrogen) atoms. The van der Waals surface area contributed by atoms with Crippen molar-refractivity contribution in [1.29, 1.82) is 0 Å². The SMILES string of the molecule is CC1(C)/C(=N/OCCCC(F)(F)F)c2cc(O[C@H]3CC[C@@H](N)CC3)ccc2-c2ncnc(N)c21. The van der Waals surface area contributed by atoms with Crippen LogP contribution in [0, 0.1) is 0 Å². The Morgan fingerprint density at radius 2 is 1.85 bits per heavy atom. The molecule has 1 saturated carbocycles. The maximum Gasteiger partial charge on any atom is 0.389 e. The zero-order chi connectivity index (χ0) is 24.5. The topological polar surface area (TPSA) is 109 Å². The van der Waals surface area contributed by atoms with Gasteiger partial charge in [0.15, 0.2) is 0 Å². The second kappa shape index (κ2) is 9.40. The van der Waals surface area contributed by atoms with Gasteiger partial charge in [0.05, 0.1) is 17.5 Å². The van der Waals surface area contributed by atoms with Gasteiger partial charge in [0, 0.05) is 34.6 Å². The summed E-state index contributed by atoms with van der Waals surface area (Å²) in [5, 5.41) is 4.30. The van der Waals surface area contributed by atoms with Crippen molar-refractivity contribution in [2.45, 2.75) is 76.1 Å². The molecule has 0 bridgehead atoms. The number of aromatic nitrogens is 2. The van der Waals surface area contributed by atoms with Crippen molar-refractivity contribution < 1.29 is 22.7 Å². The van der Waals surface area contributed by atoms with Gasteiger partial charge in [-0.15, -0.1) is 0 Å². The lowest BCUT2D eigenvalue weighted by molar-refractivity contribution is -0.137. The van der Waals surface area contributed by atoms with Gasteiger partial charge in [-0.05, 0) is 64.2 Å². The average Bonchev–Trinajstić information content (AvgIpc) is 2.76. The van der Waals surface area contributed by atoms with E-state index in [9.17, 15) is 13.2 Å². The quantitative estimate of drug-likeness (QED) is 0.460. The molecule has 0 unspecified atom stereocenters. The van der Waals surface area contributed by atoms with Crippen LogP contribution in [0.2, 0.25) is 0 Å². The first-order valence-electron chi connectivity index (χ1n) is 11.5. The Bertz CT molecular complexity index is 1060. The summed E-state index contributed by atoms with van der Waals surface area (Å²) in [7, 11) is 0. The Morgan fingerprint density at radius 1 is 1.12 bits per heavy atom. The van der Waals surface area contributed by atoms with E-state index in [2.05, 4.69) is 15.1 Å². The van der Waals surface area contributed by atoms with Crippen LogP contribution in [0.15, 0.2) is 29.7 Å². The molecule has 2 aliphatic carbocycles. The summed E-state index contributed by atoms with van der Waals surface area (Å²) in [6.07, 6.45) is -0.215. The Kier molecular flexibility index (Phi) is 6.71. The van der Waals surface area contributed by atoms with E-state index in [4.69, 9.17) is 21.0 Å². The number of rotatable bonds is 6. The van der Waals surface area contributed by atoms with E-state index in [0.717, 1.165) is 36.8 Å². The van der Waals surface area contributed by atoms with Gasteiger partial charge in [0.1, 0.15) is 24.5 Å². The van der Waals surface area contributed by atoms with E-state index in [1.807, 2.05) is 32.0 Å². The molecule has 4 rings (SSSR count). The summed E-state index contributed by atoms with van der Waals surface area (Å²) in [6, 6.07) is 5.90. The summed E-state index contributed by atoms with van der Waals surface area (Å²) < 4.78 is 43.7. The Labute approximate surface area is 196 Å². The van der Waals surface area contributed by atoms with Gasteiger partial charge < -0.3 is 21.0 Å². The summed E-state index contributed by atoms with van der Waals surface area (Å²) >= 11 is 0. The van der Waals surface area contributed by atoms with Crippen molar-refractivity contribution in [1.82, 2.24) is 9.97 Å². The number of benzene rings is 1. The highest BCUT2D eigenvalue weighted by atomic mass is 19.4. The van der Waals surface area contributed by atoms with Gasteiger partial charge in [-0.2, -0.15) is 13.2 Å². The highest BCUT2D eigenvalue weighted by Crippen LogP contribution is 2.45. The van der Waals surface area contributed by atoms with Crippen LogP contribution in [0.1, 0.15) is 63.5 Å². The summed E-state index contributed by atoms with van der Waals surface area (Å²) in [5.41, 5.74) is 15.0. The lowest BCUT2D eigenvalue weighted by atomic mass is 9.70. The van der Waals surface area contributed by atoms with Crippen LogP contribution < -0.4 is 16.2 Å². The minimum Gasteiger partial charge on any atom is -0.490 e. The van der Waals surface area contributed by atoms with Crippen LogP contribution in [-0.2, 0) is 10.3 Å². The highest BCUT2D eigenvalue weighted by Gasteiger charge is 2.41. The molecule has 4 N–H and O–H groups in total. The first kappa shape index (κ1) is 24.3. The number of oxime groups is 1. The molecule has 184 valence electrons. The van der Waals surface area contributed by atoms with E-state index in [-0.39, 0.29) is 25.2 Å². The summed E-state index contributed by atoms with van der Waals surface area (Å²) in [4.78, 5) is 14.0. The van der Waals surface area contributed by atoms with Crippen LogP contribution in [0.4, 0.5) is 19.0 Å². The molecular weight excluding hydrogens is 447 g/mol. The summed E-state index contributed by atoms with van der Waals surface area (Å²) in [6.45, 7) is 3.69. The minimum atomic E-state index is -4.23. The zero-order valence-electron chi connectivity index (χ0n) is 19.4. The van der Waals surface area contributed by atoms with Crippen molar-refractivity contribution in [2.24, 2.45) is 10.9 Å². The lowest BCUT2D eigenvalue weighted by Gasteiger charge is -2.35. The predicted octanol–water partition coefficient (Wildman–Crippen LogP) is 4.73. The van der Waals surface area contributed by atoms with Crippen molar-refractivity contribution >= 4 is 11.5 Å². The number of fused-ring (bicyclic) bond motifs is 3. The number of alkyl halides is 3. The maximum atomic E-state index is 12.5. The predicted molar refractivity (Wildman–Crippen MR) is 124 cm³/mol. The molecule has 0 saturated heterocycles. The number of nitrogens with two attached hydrogens (primary N) is 2. The molecule has 1 aromatic carbocycles. The number of anilines is 1. The molecule has 0 radical (unpaired) electrons. The number of nitrogens with zero attached hydrogens (tertiary/aromatic N) is 3. The number of hydrogen-bond acceptors (Lipinski definition) is 7. The third kappa shape index (κ3) is 5.11. The zero-order valence-corrected chi connectivity index (χ0v) is 19.4. The Morgan fingerprint density at radius 3 is 2.56 bits per heavy atom. The van der Waals surface area contributed by atoms with E-state index < -0.39 is 18.0 Å². The first-order valence-corrected chi connectivity index (χ1v) is 11.5. The van der Waals surface area contributed by atoms with Gasteiger partial charge >= 0.3 is 6.18 Å². The van der Waals surface area contributed by atoms with E-state index >= 15 is 0 Å². The third-order valence-corrected chi connectivity index (χ3v) is 6.47. The van der Waals surface area contributed by atoms with Crippen molar-refractivity contribution in [2.75, 3.05) is 12.3 Å². The fraction of sp³-hybridized carbons (Fsp3) is 0.542. The fourth-order valence-electron chi connectivity index (χ4n) is 4.68. The molecule has 7 nitrogen and oxygen atoms in total. The Hall–Kier alpha value is -2.88. The molecule has 1 fully saturated rings. The van der Waals surface area contributed by atoms with Gasteiger partial charge in [0.25, 0.3) is 0 Å². The minimum absolute atomic E-state index is 0.0821. The highest BCUT2D eigenvalue weighted by molar-refractivity contribution is 6.15. The van der Waals surface area contributed by atoms with E-state index in [1.54, 1.807) is 0 Å². The van der Waals surface area contributed by atoms with Gasteiger partial charge in [-0.25, -0.2) is 9.97 Å². The normalized spacial score (nSPS) is 22.7. The molecule has 0 spiro atoms. The molecule has 10 heteroatoms. The standard InChI is InChI=1S/C24H30F3N5O2/c1-23(2)19-20(30-13-31-22(19)29)17-9-8-16(34-15-6-4-14(28)5-7-15)12-18(17)21(23)32-33-11-3-10-24(25,26)27/h8-9,12-15H,3-7,10-11,28H2,1-2H3,(H2,29,30,31)/b32-21+/t14-,15+. The van der Waals surface area contributed by atoms with Crippen molar-refractivity contribution in [3.05, 3.63) is 35.7 Å². The molecule has 2 aliphatic rings. The molecule has 0 amide bonds. The average molecular weight is 478 g/mol. The molecule has 2 aromatic rings. The number of hydrogen-bond donors (Lipinski definition) is 2. The van der Waals surface area contributed by atoms with Gasteiger partial charge in [0.2, 0.25) is 0 Å². The maximum absolute atomic E-state index is 12.5. The monoisotopic (exact) mass is 477 g/mol. The van der Waals surface area contributed by atoms with Crippen LogP contribution in [0.25, 0.3) is 11.3 Å². The molecule has 1 heterocycles. The van der Waals surface area contributed by atoms with Crippen LogP contribution in [0.5, 0.6) is 5.75 Å². The van der Waals surface area contributed by atoms with Crippen molar-refractivity contribution in [3.8, 4) is 17.0 Å². The van der Waals surface area contributed by atoms with Gasteiger partial charge in [-0.1, -0.05) is 5.16 Å². The van der Waals surface area contributed by atoms with E-state index in [0.29, 0.717) is 28.5 Å². The first-order chi connectivity index (χ1) is 16.1. The second-order valence-electron chi connectivity index (χ2n) is 9.46. The second-order valence-corrected chi connectivity index (χ2v) is 9.46. The molecule has 0 atom stereocenters. The van der Waals surface area contributed by atoms with E-state index in [1.165, 1.54) is 6.33 Å². The smallest absolute Gasteiger partial charge is 0.389 e. The lowest BCUT2D eigenvalue weighted by Crippen LogP contribution is -2.36. The largest absolute Gasteiger partial charge is 0.490 e. The Balaban J connectivity index is 1.67. The summed E-state index contributed by atoms with van der Waals surface area (Å²) in [5.74, 6) is 1.01. The third-order valence-electron chi connectivity index (χ3n) is 6.47. The molecular formula is C24H30F3N5O2.